The number of nitrogens with zero attached hydrogens (tertiary/aromatic N) is 4. The van der Waals surface area contributed by atoms with E-state index < -0.39 is 0 Å². The van der Waals surface area contributed by atoms with Crippen LogP contribution in [0.15, 0.2) is 30.5 Å². The second-order valence-electron chi connectivity index (χ2n) is 6.86. The van der Waals surface area contributed by atoms with E-state index in [1.165, 1.54) is 12.8 Å². The Bertz CT molecular complexity index is 654. The summed E-state index contributed by atoms with van der Waals surface area (Å²) < 4.78 is 0. The SMILES string of the molecule is CN(C)CCCNc1nc(NCCc2ccccn2)cc(C2CC2)n1. The molecule has 25 heavy (non-hydrogen) atoms. The summed E-state index contributed by atoms with van der Waals surface area (Å²) in [5.74, 6) is 2.26. The summed E-state index contributed by atoms with van der Waals surface area (Å²) in [6.45, 7) is 2.77. The smallest absolute Gasteiger partial charge is 0.224 e. The normalized spacial score (nSPS) is 13.9. The van der Waals surface area contributed by atoms with Crippen LogP contribution in [0.4, 0.5) is 11.8 Å². The number of aromatic nitrogens is 3. The highest BCUT2D eigenvalue weighted by molar-refractivity contribution is 5.44. The molecule has 1 aliphatic carbocycles. The predicted octanol–water partition coefficient (Wildman–Crippen LogP) is 2.77. The summed E-state index contributed by atoms with van der Waals surface area (Å²) in [5.41, 5.74) is 2.25. The third-order valence-electron chi connectivity index (χ3n) is 4.22. The van der Waals surface area contributed by atoms with Crippen molar-refractivity contribution in [2.45, 2.75) is 31.6 Å². The lowest BCUT2D eigenvalue weighted by Crippen LogP contribution is -2.17. The van der Waals surface area contributed by atoms with Crippen LogP contribution in [0.1, 0.15) is 36.6 Å². The number of rotatable bonds is 10. The molecule has 1 fully saturated rings. The zero-order valence-corrected chi connectivity index (χ0v) is 15.2. The highest BCUT2D eigenvalue weighted by Crippen LogP contribution is 2.39. The molecule has 2 heterocycles. The molecule has 2 aromatic rings. The highest BCUT2D eigenvalue weighted by atomic mass is 15.1. The van der Waals surface area contributed by atoms with Gasteiger partial charge in [-0.05, 0) is 52.0 Å². The van der Waals surface area contributed by atoms with Gasteiger partial charge in [0.1, 0.15) is 5.82 Å². The summed E-state index contributed by atoms with van der Waals surface area (Å²) in [5, 5.41) is 6.80. The molecule has 134 valence electrons. The topological polar surface area (TPSA) is 66.0 Å². The maximum Gasteiger partial charge on any atom is 0.224 e. The van der Waals surface area contributed by atoms with Gasteiger partial charge in [0.15, 0.2) is 0 Å². The fourth-order valence-corrected chi connectivity index (χ4v) is 2.68. The Morgan fingerprint density at radius 2 is 2.00 bits per heavy atom. The number of hydrogen-bond acceptors (Lipinski definition) is 6. The first-order chi connectivity index (χ1) is 12.2. The fraction of sp³-hybridized carbons (Fsp3) is 0.526. The molecular weight excluding hydrogens is 312 g/mol. The van der Waals surface area contributed by atoms with Crippen LogP contribution in [0.2, 0.25) is 0 Å². The molecule has 6 heteroatoms. The molecule has 6 nitrogen and oxygen atoms in total. The third kappa shape index (κ3) is 5.98. The summed E-state index contributed by atoms with van der Waals surface area (Å²) >= 11 is 0. The van der Waals surface area contributed by atoms with Gasteiger partial charge in [0.05, 0.1) is 5.69 Å². The molecule has 1 saturated carbocycles. The molecule has 0 aromatic carbocycles. The van der Waals surface area contributed by atoms with E-state index in [1.54, 1.807) is 0 Å². The van der Waals surface area contributed by atoms with Crippen molar-refractivity contribution in [2.75, 3.05) is 44.4 Å². The van der Waals surface area contributed by atoms with Gasteiger partial charge >= 0.3 is 0 Å². The number of pyridine rings is 1. The van der Waals surface area contributed by atoms with E-state index in [4.69, 9.17) is 4.98 Å². The van der Waals surface area contributed by atoms with E-state index in [-0.39, 0.29) is 0 Å². The summed E-state index contributed by atoms with van der Waals surface area (Å²) in [7, 11) is 4.18. The van der Waals surface area contributed by atoms with Gasteiger partial charge in [0.2, 0.25) is 5.95 Å². The van der Waals surface area contributed by atoms with Gasteiger partial charge < -0.3 is 15.5 Å². The van der Waals surface area contributed by atoms with Gasteiger partial charge in [-0.1, -0.05) is 6.07 Å². The maximum absolute atomic E-state index is 4.69. The van der Waals surface area contributed by atoms with E-state index in [0.29, 0.717) is 5.92 Å². The van der Waals surface area contributed by atoms with Gasteiger partial charge in [0, 0.05) is 43.4 Å². The highest BCUT2D eigenvalue weighted by Gasteiger charge is 2.26. The second-order valence-corrected chi connectivity index (χ2v) is 6.86. The van der Waals surface area contributed by atoms with Crippen LogP contribution in [0.25, 0.3) is 0 Å². The molecule has 3 rings (SSSR count). The molecule has 0 aliphatic heterocycles. The van der Waals surface area contributed by atoms with Gasteiger partial charge in [-0.2, -0.15) is 4.98 Å². The average Bonchev–Trinajstić information content (AvgIpc) is 3.45. The first-order valence-electron chi connectivity index (χ1n) is 9.12. The average molecular weight is 340 g/mol. The first kappa shape index (κ1) is 17.6. The van der Waals surface area contributed by atoms with E-state index in [2.05, 4.69) is 51.7 Å². The number of nitrogens with one attached hydrogen (secondary N) is 2. The van der Waals surface area contributed by atoms with Crippen LogP contribution < -0.4 is 10.6 Å². The minimum Gasteiger partial charge on any atom is -0.370 e. The van der Waals surface area contributed by atoms with Crippen molar-refractivity contribution in [3.8, 4) is 0 Å². The maximum atomic E-state index is 4.69. The molecule has 0 radical (unpaired) electrons. The van der Waals surface area contributed by atoms with Crippen molar-refractivity contribution < 1.29 is 0 Å². The van der Waals surface area contributed by atoms with Crippen LogP contribution in [0, 0.1) is 0 Å². The van der Waals surface area contributed by atoms with E-state index in [1.807, 2.05) is 18.3 Å². The number of hydrogen-bond donors (Lipinski definition) is 2. The predicted molar refractivity (Wildman–Crippen MR) is 102 cm³/mol. The summed E-state index contributed by atoms with van der Waals surface area (Å²) in [6, 6.07) is 8.11. The first-order valence-corrected chi connectivity index (χ1v) is 9.12. The summed E-state index contributed by atoms with van der Waals surface area (Å²) in [4.78, 5) is 15.9. The Hall–Kier alpha value is -2.21. The Kier molecular flexibility index (Phi) is 6.17. The summed E-state index contributed by atoms with van der Waals surface area (Å²) in [6.07, 6.45) is 6.28. The molecule has 2 aromatic heterocycles. The van der Waals surface area contributed by atoms with E-state index in [0.717, 1.165) is 55.6 Å². The molecule has 0 amide bonds. The van der Waals surface area contributed by atoms with E-state index >= 15 is 0 Å². The molecule has 2 N–H and O–H groups in total. The van der Waals surface area contributed by atoms with Crippen molar-refractivity contribution >= 4 is 11.8 Å². The largest absolute Gasteiger partial charge is 0.370 e. The van der Waals surface area contributed by atoms with Crippen LogP contribution in [0.3, 0.4) is 0 Å². The van der Waals surface area contributed by atoms with Crippen LogP contribution in [-0.2, 0) is 6.42 Å². The molecular formula is C19H28N6. The minimum atomic E-state index is 0.613. The van der Waals surface area contributed by atoms with Crippen molar-refractivity contribution in [3.63, 3.8) is 0 Å². The Balaban J connectivity index is 1.56. The number of anilines is 2. The third-order valence-corrected chi connectivity index (χ3v) is 4.22. The fourth-order valence-electron chi connectivity index (χ4n) is 2.68. The van der Waals surface area contributed by atoms with Crippen LogP contribution in [-0.4, -0.2) is 53.6 Å². The zero-order chi connectivity index (χ0) is 17.5. The molecule has 0 unspecified atom stereocenters. The van der Waals surface area contributed by atoms with Crippen LogP contribution in [0.5, 0.6) is 0 Å². The van der Waals surface area contributed by atoms with E-state index in [9.17, 15) is 0 Å². The Labute approximate surface area is 150 Å². The molecule has 0 atom stereocenters. The second kappa shape index (κ2) is 8.76. The minimum absolute atomic E-state index is 0.613. The van der Waals surface area contributed by atoms with Gasteiger partial charge in [-0.25, -0.2) is 4.98 Å². The lowest BCUT2D eigenvalue weighted by Gasteiger charge is -2.12. The van der Waals surface area contributed by atoms with Crippen molar-refractivity contribution in [1.29, 1.82) is 0 Å². The molecule has 0 spiro atoms. The standard InChI is InChI=1S/C19H28N6/c1-25(2)13-5-11-22-19-23-17(15-7-8-15)14-18(24-19)21-12-9-16-6-3-4-10-20-16/h3-4,6,10,14-15H,5,7-9,11-13H2,1-2H3,(H2,21,22,23,24). The van der Waals surface area contributed by atoms with Gasteiger partial charge in [0.25, 0.3) is 0 Å². The monoisotopic (exact) mass is 340 g/mol. The van der Waals surface area contributed by atoms with Gasteiger partial charge in [-0.3, -0.25) is 4.98 Å². The molecule has 0 saturated heterocycles. The van der Waals surface area contributed by atoms with Crippen molar-refractivity contribution in [3.05, 3.63) is 41.9 Å². The molecule has 0 bridgehead atoms. The van der Waals surface area contributed by atoms with Crippen molar-refractivity contribution in [2.24, 2.45) is 0 Å². The lowest BCUT2D eigenvalue weighted by molar-refractivity contribution is 0.405. The van der Waals surface area contributed by atoms with Gasteiger partial charge in [-0.15, -0.1) is 0 Å². The Morgan fingerprint density at radius 3 is 2.72 bits per heavy atom. The Morgan fingerprint density at radius 1 is 1.12 bits per heavy atom. The zero-order valence-electron chi connectivity index (χ0n) is 15.2. The van der Waals surface area contributed by atoms with Crippen LogP contribution >= 0.6 is 0 Å². The quantitative estimate of drug-likeness (QED) is 0.648. The lowest BCUT2D eigenvalue weighted by atomic mass is 10.2. The molecule has 1 aliphatic rings. The van der Waals surface area contributed by atoms with Crippen molar-refractivity contribution in [1.82, 2.24) is 19.9 Å².